The van der Waals surface area contributed by atoms with Crippen LogP contribution in [-0.4, -0.2) is 32.9 Å². The first-order valence-electron chi connectivity index (χ1n) is 5.76. The van der Waals surface area contributed by atoms with Gasteiger partial charge in [0.1, 0.15) is 9.84 Å². The molecule has 6 heteroatoms. The van der Waals surface area contributed by atoms with E-state index in [-0.39, 0.29) is 11.7 Å². The Balaban J connectivity index is 2.33. The third-order valence-corrected chi connectivity index (χ3v) is 3.85. The molecule has 0 radical (unpaired) electrons. The molecular formula is C13H16BrNO3S. The highest BCUT2D eigenvalue weighted by Gasteiger charge is 2.01. The van der Waals surface area contributed by atoms with E-state index in [0.29, 0.717) is 13.0 Å². The van der Waals surface area contributed by atoms with Crippen LogP contribution in [0.25, 0.3) is 6.08 Å². The van der Waals surface area contributed by atoms with Crippen LogP contribution in [0.2, 0.25) is 0 Å². The van der Waals surface area contributed by atoms with E-state index in [2.05, 4.69) is 21.2 Å². The highest BCUT2D eigenvalue weighted by Crippen LogP contribution is 2.11. The molecule has 104 valence electrons. The average Bonchev–Trinajstić information content (AvgIpc) is 2.33. The second-order valence-electron chi connectivity index (χ2n) is 4.16. The van der Waals surface area contributed by atoms with E-state index in [4.69, 9.17) is 0 Å². The van der Waals surface area contributed by atoms with Gasteiger partial charge in [-0.05, 0) is 30.2 Å². The van der Waals surface area contributed by atoms with Crippen molar-refractivity contribution in [3.05, 3.63) is 40.4 Å². The molecule has 1 N–H and O–H groups in total. The maximum Gasteiger partial charge on any atom is 0.243 e. The fourth-order valence-electron chi connectivity index (χ4n) is 1.35. The lowest BCUT2D eigenvalue weighted by atomic mass is 10.2. The minimum absolute atomic E-state index is 0.0870. The van der Waals surface area contributed by atoms with Crippen LogP contribution in [0.4, 0.5) is 0 Å². The van der Waals surface area contributed by atoms with Gasteiger partial charge in [-0.3, -0.25) is 4.79 Å². The van der Waals surface area contributed by atoms with Crippen molar-refractivity contribution in [3.63, 3.8) is 0 Å². The lowest BCUT2D eigenvalue weighted by Crippen LogP contribution is -2.23. The van der Waals surface area contributed by atoms with Crippen LogP contribution in [0, 0.1) is 0 Å². The van der Waals surface area contributed by atoms with Crippen LogP contribution in [0.3, 0.4) is 0 Å². The van der Waals surface area contributed by atoms with Crippen LogP contribution in [0.5, 0.6) is 0 Å². The van der Waals surface area contributed by atoms with E-state index >= 15 is 0 Å². The second-order valence-corrected chi connectivity index (χ2v) is 7.33. The van der Waals surface area contributed by atoms with Gasteiger partial charge in [0.05, 0.1) is 5.75 Å². The molecule has 1 aromatic rings. The number of hydrogen-bond acceptors (Lipinski definition) is 3. The monoisotopic (exact) mass is 345 g/mol. The lowest BCUT2D eigenvalue weighted by Gasteiger charge is -2.01. The van der Waals surface area contributed by atoms with Gasteiger partial charge in [-0.25, -0.2) is 8.42 Å². The Hall–Kier alpha value is -1.14. The Morgan fingerprint density at radius 3 is 2.53 bits per heavy atom. The zero-order valence-electron chi connectivity index (χ0n) is 10.6. The molecule has 0 unspecified atom stereocenters. The molecule has 0 spiro atoms. The minimum Gasteiger partial charge on any atom is -0.353 e. The molecular weight excluding hydrogens is 330 g/mol. The normalized spacial score (nSPS) is 11.7. The van der Waals surface area contributed by atoms with Crippen molar-refractivity contribution in [1.82, 2.24) is 5.32 Å². The highest BCUT2D eigenvalue weighted by molar-refractivity contribution is 9.10. The van der Waals surface area contributed by atoms with Gasteiger partial charge < -0.3 is 5.32 Å². The van der Waals surface area contributed by atoms with Gasteiger partial charge in [-0.2, -0.15) is 0 Å². The van der Waals surface area contributed by atoms with Gasteiger partial charge in [0.25, 0.3) is 0 Å². The summed E-state index contributed by atoms with van der Waals surface area (Å²) in [6.45, 7) is 0.358. The number of amides is 1. The third-order valence-electron chi connectivity index (χ3n) is 2.29. The molecule has 0 aromatic heterocycles. The van der Waals surface area contributed by atoms with Crippen molar-refractivity contribution in [1.29, 1.82) is 0 Å². The number of sulfone groups is 1. The summed E-state index contributed by atoms with van der Waals surface area (Å²) in [6, 6.07) is 7.56. The summed E-state index contributed by atoms with van der Waals surface area (Å²) in [5.41, 5.74) is 0.925. The van der Waals surface area contributed by atoms with Crippen molar-refractivity contribution in [2.24, 2.45) is 0 Å². The quantitative estimate of drug-likeness (QED) is 0.633. The topological polar surface area (TPSA) is 63.2 Å². The standard InChI is InChI=1S/C13H16BrNO3S/c1-19(17,18)10-2-9-15-13(16)8-5-11-3-6-12(14)7-4-11/h3-8H,2,9-10H2,1H3,(H,15,16)/b8-5+. The maximum atomic E-state index is 11.5. The Kier molecular flexibility index (Phi) is 6.24. The molecule has 0 heterocycles. The van der Waals surface area contributed by atoms with Crippen LogP contribution in [0.15, 0.2) is 34.8 Å². The molecule has 0 atom stereocenters. The molecule has 0 aliphatic heterocycles. The number of rotatable bonds is 6. The van der Waals surface area contributed by atoms with E-state index in [0.717, 1.165) is 10.0 Å². The number of halogens is 1. The fraction of sp³-hybridized carbons (Fsp3) is 0.308. The first kappa shape index (κ1) is 15.9. The number of benzene rings is 1. The van der Waals surface area contributed by atoms with E-state index in [1.54, 1.807) is 6.08 Å². The molecule has 0 bridgehead atoms. The summed E-state index contributed by atoms with van der Waals surface area (Å²) in [7, 11) is -2.96. The predicted molar refractivity (Wildman–Crippen MR) is 80.5 cm³/mol. The Morgan fingerprint density at radius 1 is 1.32 bits per heavy atom. The van der Waals surface area contributed by atoms with Gasteiger partial charge in [-0.15, -0.1) is 0 Å². The zero-order chi connectivity index (χ0) is 14.3. The van der Waals surface area contributed by atoms with Crippen molar-refractivity contribution in [2.75, 3.05) is 18.6 Å². The van der Waals surface area contributed by atoms with Crippen LogP contribution >= 0.6 is 15.9 Å². The number of carbonyl (C=O) groups is 1. The van der Waals surface area contributed by atoms with Gasteiger partial charge in [0.15, 0.2) is 0 Å². The summed E-state index contributed by atoms with van der Waals surface area (Å²) < 4.78 is 22.7. The number of carbonyl (C=O) groups excluding carboxylic acids is 1. The van der Waals surface area contributed by atoms with E-state index in [9.17, 15) is 13.2 Å². The number of nitrogens with one attached hydrogen (secondary N) is 1. The first-order valence-corrected chi connectivity index (χ1v) is 8.61. The molecule has 0 saturated heterocycles. The molecule has 0 aliphatic rings. The molecule has 1 amide bonds. The van der Waals surface area contributed by atoms with E-state index in [1.165, 1.54) is 12.3 Å². The van der Waals surface area contributed by atoms with Crippen LogP contribution < -0.4 is 5.32 Å². The highest BCUT2D eigenvalue weighted by atomic mass is 79.9. The van der Waals surface area contributed by atoms with Crippen LogP contribution in [0.1, 0.15) is 12.0 Å². The van der Waals surface area contributed by atoms with E-state index < -0.39 is 9.84 Å². The van der Waals surface area contributed by atoms with Gasteiger partial charge in [0.2, 0.25) is 5.91 Å². The largest absolute Gasteiger partial charge is 0.353 e. The maximum absolute atomic E-state index is 11.5. The van der Waals surface area contributed by atoms with E-state index in [1.807, 2.05) is 24.3 Å². The molecule has 19 heavy (non-hydrogen) atoms. The Bertz CT molecular complexity index is 550. The Morgan fingerprint density at radius 2 is 1.95 bits per heavy atom. The summed E-state index contributed by atoms with van der Waals surface area (Å²) in [5, 5.41) is 2.64. The van der Waals surface area contributed by atoms with Gasteiger partial charge in [0, 0.05) is 23.3 Å². The van der Waals surface area contributed by atoms with Crippen molar-refractivity contribution < 1.29 is 13.2 Å². The SMILES string of the molecule is CS(=O)(=O)CCCNC(=O)/C=C/c1ccc(Br)cc1. The minimum atomic E-state index is -2.96. The summed E-state index contributed by atoms with van der Waals surface area (Å²) in [6.07, 6.45) is 4.75. The van der Waals surface area contributed by atoms with Gasteiger partial charge in [-0.1, -0.05) is 28.1 Å². The predicted octanol–water partition coefficient (Wildman–Crippen LogP) is 2.01. The van der Waals surface area contributed by atoms with Crippen LogP contribution in [-0.2, 0) is 14.6 Å². The third kappa shape index (κ3) is 7.79. The van der Waals surface area contributed by atoms with Crippen molar-refractivity contribution >= 4 is 37.8 Å². The molecule has 1 aromatic carbocycles. The zero-order valence-corrected chi connectivity index (χ0v) is 13.0. The second kappa shape index (κ2) is 7.45. The molecule has 0 aliphatic carbocycles. The summed E-state index contributed by atoms with van der Waals surface area (Å²) in [4.78, 5) is 11.5. The molecule has 4 nitrogen and oxygen atoms in total. The molecule has 1 rings (SSSR count). The van der Waals surface area contributed by atoms with Crippen molar-refractivity contribution in [3.8, 4) is 0 Å². The summed E-state index contributed by atoms with van der Waals surface area (Å²) >= 11 is 3.33. The smallest absolute Gasteiger partial charge is 0.243 e. The fourth-order valence-corrected chi connectivity index (χ4v) is 2.28. The number of hydrogen-bond donors (Lipinski definition) is 1. The average molecular weight is 346 g/mol. The molecule has 0 fully saturated rings. The van der Waals surface area contributed by atoms with Crippen molar-refractivity contribution in [2.45, 2.75) is 6.42 Å². The first-order chi connectivity index (χ1) is 8.87. The molecule has 0 saturated carbocycles. The Labute approximate surface area is 122 Å². The van der Waals surface area contributed by atoms with Gasteiger partial charge >= 0.3 is 0 Å². The lowest BCUT2D eigenvalue weighted by molar-refractivity contribution is -0.116. The summed E-state index contributed by atoms with van der Waals surface area (Å²) in [5.74, 6) is -0.139.